The number of furan rings is 1. The number of hydrogen-bond donors (Lipinski definition) is 1. The van der Waals surface area contributed by atoms with Crippen molar-refractivity contribution in [1.29, 1.82) is 0 Å². The smallest absolute Gasteiger partial charge is 0.270 e. The lowest BCUT2D eigenvalue weighted by atomic mass is 9.98. The molecule has 6 heteroatoms. The maximum atomic E-state index is 12.9. The Morgan fingerprint density at radius 1 is 1.21 bits per heavy atom. The third kappa shape index (κ3) is 2.74. The number of ketones is 1. The van der Waals surface area contributed by atoms with E-state index in [0.717, 1.165) is 6.42 Å². The van der Waals surface area contributed by atoms with E-state index in [1.165, 1.54) is 42.5 Å². The van der Waals surface area contributed by atoms with Crippen LogP contribution < -0.4 is 0 Å². The lowest BCUT2D eigenvalue weighted by Gasteiger charge is -2.03. The molecule has 0 atom stereocenters. The molecular weight excluding hydrogens is 310 g/mol. The molecule has 1 aromatic heterocycles. The van der Waals surface area contributed by atoms with E-state index in [1.54, 1.807) is 0 Å². The molecule has 0 fully saturated rings. The summed E-state index contributed by atoms with van der Waals surface area (Å²) >= 11 is 0. The van der Waals surface area contributed by atoms with Crippen molar-refractivity contribution >= 4 is 22.4 Å². The molecule has 3 aromatic rings. The topological polar surface area (TPSA) is 93.6 Å². The van der Waals surface area contributed by atoms with Crippen LogP contribution in [-0.4, -0.2) is 15.8 Å². The Labute approximate surface area is 137 Å². The number of benzene rings is 2. The summed E-state index contributed by atoms with van der Waals surface area (Å²) in [4.78, 5) is 23.4. The highest BCUT2D eigenvalue weighted by Gasteiger charge is 2.23. The monoisotopic (exact) mass is 325 g/mol. The van der Waals surface area contributed by atoms with Crippen molar-refractivity contribution in [3.05, 3.63) is 69.5 Å². The first kappa shape index (κ1) is 15.7. The second kappa shape index (κ2) is 6.16. The molecule has 0 radical (unpaired) electrons. The average Bonchev–Trinajstić information content (AvgIpc) is 2.92. The molecule has 122 valence electrons. The summed E-state index contributed by atoms with van der Waals surface area (Å²) in [6, 6.07) is 10.1. The second-order valence-electron chi connectivity index (χ2n) is 5.46. The van der Waals surface area contributed by atoms with Gasteiger partial charge >= 0.3 is 0 Å². The Morgan fingerprint density at radius 3 is 2.54 bits per heavy atom. The summed E-state index contributed by atoms with van der Waals surface area (Å²) in [6.07, 6.45) is 1.33. The Morgan fingerprint density at radius 2 is 1.92 bits per heavy atom. The highest BCUT2D eigenvalue weighted by Crippen LogP contribution is 2.32. The Balaban J connectivity index is 2.20. The predicted octanol–water partition coefficient (Wildman–Crippen LogP) is 4.23. The number of hydrogen-bond acceptors (Lipinski definition) is 5. The maximum Gasteiger partial charge on any atom is 0.270 e. The minimum atomic E-state index is -0.499. The predicted molar refractivity (Wildman–Crippen MR) is 88.4 cm³/mol. The van der Waals surface area contributed by atoms with Crippen LogP contribution in [0.15, 0.2) is 46.9 Å². The van der Waals surface area contributed by atoms with Crippen LogP contribution in [0.4, 0.5) is 5.69 Å². The number of phenolic OH excluding ortho intramolecular Hbond substituents is 1. The van der Waals surface area contributed by atoms with E-state index in [-0.39, 0.29) is 17.2 Å². The lowest BCUT2D eigenvalue weighted by molar-refractivity contribution is -0.384. The van der Waals surface area contributed by atoms with Gasteiger partial charge in [-0.2, -0.15) is 0 Å². The molecule has 0 aliphatic heterocycles. The van der Waals surface area contributed by atoms with Crippen LogP contribution in [0.1, 0.15) is 35.0 Å². The third-order valence-corrected chi connectivity index (χ3v) is 3.79. The number of non-ortho nitro benzene ring substituents is 1. The Kier molecular flexibility index (Phi) is 4.04. The summed E-state index contributed by atoms with van der Waals surface area (Å²) in [5, 5.41) is 20.8. The van der Waals surface area contributed by atoms with E-state index in [1.807, 2.05) is 6.92 Å². The van der Waals surface area contributed by atoms with Crippen molar-refractivity contribution < 1.29 is 19.2 Å². The molecule has 0 spiro atoms. The van der Waals surface area contributed by atoms with Crippen LogP contribution in [0.25, 0.3) is 11.0 Å². The van der Waals surface area contributed by atoms with E-state index >= 15 is 0 Å². The minimum absolute atomic E-state index is 0.0630. The van der Waals surface area contributed by atoms with Crippen LogP contribution in [0.3, 0.4) is 0 Å². The second-order valence-corrected chi connectivity index (χ2v) is 5.46. The van der Waals surface area contributed by atoms with Gasteiger partial charge in [-0.15, -0.1) is 0 Å². The van der Waals surface area contributed by atoms with Gasteiger partial charge in [0.2, 0.25) is 0 Å². The van der Waals surface area contributed by atoms with Gasteiger partial charge in [-0.1, -0.05) is 6.92 Å². The zero-order valence-electron chi connectivity index (χ0n) is 13.0. The molecule has 2 aromatic carbocycles. The van der Waals surface area contributed by atoms with Gasteiger partial charge in [0.25, 0.3) is 5.69 Å². The molecule has 6 nitrogen and oxygen atoms in total. The summed E-state index contributed by atoms with van der Waals surface area (Å²) in [5.74, 6) is 0.303. The highest BCUT2D eigenvalue weighted by molar-refractivity contribution is 6.17. The zero-order chi connectivity index (χ0) is 17.3. The van der Waals surface area contributed by atoms with Crippen molar-refractivity contribution in [2.75, 3.05) is 0 Å². The number of carbonyl (C=O) groups is 1. The number of nitro benzene ring substituents is 1. The molecule has 0 aliphatic carbocycles. The highest BCUT2D eigenvalue weighted by atomic mass is 16.6. The number of phenols is 1. The molecular formula is C18H15NO5. The standard InChI is InChI=1S/C18H15NO5/c1-2-3-16-17(18(21)11-4-7-13(20)8-5-11)14-10-12(19(22)23)6-9-15(14)24-16/h4-10,20H,2-3H2,1H3. The van der Waals surface area contributed by atoms with Gasteiger partial charge in [0, 0.05) is 29.5 Å². The summed E-state index contributed by atoms with van der Waals surface area (Å²) in [6.45, 7) is 1.96. The fourth-order valence-corrected chi connectivity index (χ4v) is 2.66. The number of nitrogens with zero attached hydrogens (tertiary/aromatic N) is 1. The number of carbonyl (C=O) groups excluding carboxylic acids is 1. The third-order valence-electron chi connectivity index (χ3n) is 3.79. The van der Waals surface area contributed by atoms with Crippen LogP contribution in [0.5, 0.6) is 5.75 Å². The van der Waals surface area contributed by atoms with Crippen LogP contribution in [-0.2, 0) is 6.42 Å². The first-order chi connectivity index (χ1) is 11.5. The van der Waals surface area contributed by atoms with E-state index in [4.69, 9.17) is 4.42 Å². The van der Waals surface area contributed by atoms with E-state index < -0.39 is 4.92 Å². The van der Waals surface area contributed by atoms with Gasteiger partial charge in [0.05, 0.1) is 10.5 Å². The average molecular weight is 325 g/mol. The summed E-state index contributed by atoms with van der Waals surface area (Å²) < 4.78 is 5.75. The van der Waals surface area contributed by atoms with Crippen LogP contribution in [0, 0.1) is 10.1 Å². The summed E-state index contributed by atoms with van der Waals surface area (Å²) in [5.41, 5.74) is 1.10. The number of fused-ring (bicyclic) bond motifs is 1. The van der Waals surface area contributed by atoms with Crippen LogP contribution in [0.2, 0.25) is 0 Å². The van der Waals surface area contributed by atoms with Crippen LogP contribution >= 0.6 is 0 Å². The molecule has 0 saturated carbocycles. The van der Waals surface area contributed by atoms with Crippen molar-refractivity contribution in [2.45, 2.75) is 19.8 Å². The van der Waals surface area contributed by atoms with Gasteiger partial charge in [-0.25, -0.2) is 0 Å². The molecule has 0 amide bonds. The molecule has 1 heterocycles. The molecule has 3 rings (SSSR count). The Hall–Kier alpha value is -3.15. The van der Waals surface area contributed by atoms with E-state index in [9.17, 15) is 20.0 Å². The zero-order valence-corrected chi connectivity index (χ0v) is 13.0. The van der Waals surface area contributed by atoms with Crippen molar-refractivity contribution in [3.8, 4) is 5.75 Å². The molecule has 0 aliphatic rings. The minimum Gasteiger partial charge on any atom is -0.508 e. The summed E-state index contributed by atoms with van der Waals surface area (Å²) in [7, 11) is 0. The first-order valence-corrected chi connectivity index (χ1v) is 7.54. The molecule has 0 saturated heterocycles. The Bertz CT molecular complexity index is 924. The normalized spacial score (nSPS) is 10.9. The first-order valence-electron chi connectivity index (χ1n) is 7.54. The van der Waals surface area contributed by atoms with Gasteiger partial charge in [-0.3, -0.25) is 14.9 Å². The quantitative estimate of drug-likeness (QED) is 0.430. The lowest BCUT2D eigenvalue weighted by Crippen LogP contribution is -2.03. The molecule has 24 heavy (non-hydrogen) atoms. The van der Waals surface area contributed by atoms with Crippen molar-refractivity contribution in [3.63, 3.8) is 0 Å². The van der Waals surface area contributed by atoms with Gasteiger partial charge in [0.1, 0.15) is 17.1 Å². The number of nitro groups is 1. The number of aryl methyl sites for hydroxylation is 1. The van der Waals surface area contributed by atoms with Crippen molar-refractivity contribution in [1.82, 2.24) is 0 Å². The van der Waals surface area contributed by atoms with Gasteiger partial charge in [-0.05, 0) is 36.8 Å². The van der Waals surface area contributed by atoms with E-state index in [2.05, 4.69) is 0 Å². The maximum absolute atomic E-state index is 12.9. The SMILES string of the molecule is CCCc1oc2ccc([N+](=O)[O-])cc2c1C(=O)c1ccc(O)cc1. The van der Waals surface area contributed by atoms with E-state index in [0.29, 0.717) is 34.3 Å². The molecule has 1 N–H and O–H groups in total. The molecule has 0 bridgehead atoms. The number of rotatable bonds is 5. The fourth-order valence-electron chi connectivity index (χ4n) is 2.66. The number of aromatic hydroxyl groups is 1. The largest absolute Gasteiger partial charge is 0.508 e. The molecule has 0 unspecified atom stereocenters. The van der Waals surface area contributed by atoms with Gasteiger partial charge < -0.3 is 9.52 Å². The van der Waals surface area contributed by atoms with Crippen molar-refractivity contribution in [2.24, 2.45) is 0 Å². The fraction of sp³-hybridized carbons (Fsp3) is 0.167. The van der Waals surface area contributed by atoms with Gasteiger partial charge in [0.15, 0.2) is 5.78 Å².